The number of aromatic nitrogens is 3. The maximum absolute atomic E-state index is 12.9. The fourth-order valence-electron chi connectivity index (χ4n) is 3.48. The maximum Gasteiger partial charge on any atom is 0.272 e. The van der Waals surface area contributed by atoms with E-state index in [1.54, 1.807) is 35.5 Å². The van der Waals surface area contributed by atoms with Gasteiger partial charge < -0.3 is 10.2 Å². The predicted octanol–water partition coefficient (Wildman–Crippen LogP) is 3.72. The molecule has 0 bridgehead atoms. The van der Waals surface area contributed by atoms with Crippen LogP contribution in [0, 0.1) is 5.92 Å². The van der Waals surface area contributed by atoms with Gasteiger partial charge in [-0.05, 0) is 52.5 Å². The highest BCUT2D eigenvalue weighted by atomic mass is 79.9. The smallest absolute Gasteiger partial charge is 0.272 e. The first-order valence-corrected chi connectivity index (χ1v) is 10.7. The van der Waals surface area contributed by atoms with Crippen LogP contribution in [-0.2, 0) is 0 Å². The number of nitrogens with zero attached hydrogens (tertiary/aromatic N) is 4. The van der Waals surface area contributed by atoms with Crippen LogP contribution in [0.2, 0.25) is 5.02 Å². The van der Waals surface area contributed by atoms with Gasteiger partial charge in [0.05, 0.1) is 15.0 Å². The lowest BCUT2D eigenvalue weighted by Crippen LogP contribution is -2.53. The van der Waals surface area contributed by atoms with Crippen LogP contribution in [0.4, 0.5) is 0 Å². The summed E-state index contributed by atoms with van der Waals surface area (Å²) in [5, 5.41) is 4.37. The Kier molecular flexibility index (Phi) is 5.97. The van der Waals surface area contributed by atoms with Gasteiger partial charge in [0.2, 0.25) is 0 Å². The van der Waals surface area contributed by atoms with Crippen LogP contribution in [0.5, 0.6) is 0 Å². The van der Waals surface area contributed by atoms with E-state index in [1.807, 2.05) is 6.07 Å². The van der Waals surface area contributed by atoms with E-state index in [1.165, 1.54) is 6.20 Å². The summed E-state index contributed by atoms with van der Waals surface area (Å²) in [6, 6.07) is 6.58. The third-order valence-corrected chi connectivity index (χ3v) is 6.10. The van der Waals surface area contributed by atoms with E-state index in [0.29, 0.717) is 35.0 Å². The number of hydrogen-bond acceptors (Lipinski definition) is 5. The van der Waals surface area contributed by atoms with Gasteiger partial charge in [0.25, 0.3) is 11.8 Å². The van der Waals surface area contributed by atoms with E-state index >= 15 is 0 Å². The Labute approximate surface area is 187 Å². The third kappa shape index (κ3) is 4.29. The van der Waals surface area contributed by atoms with Gasteiger partial charge in [-0.1, -0.05) is 18.5 Å². The van der Waals surface area contributed by atoms with E-state index in [2.05, 4.69) is 43.1 Å². The SMILES string of the molecule is CC1CCN(C(=O)c2ccc(Cl)cn2)CC1NC(=O)c1ccc2cncc(Br)c2n1. The number of rotatable bonds is 3. The second-order valence-corrected chi connectivity index (χ2v) is 8.64. The van der Waals surface area contributed by atoms with Crippen LogP contribution in [0.25, 0.3) is 10.9 Å². The number of pyridine rings is 3. The van der Waals surface area contributed by atoms with Crippen molar-refractivity contribution in [2.45, 2.75) is 19.4 Å². The fraction of sp³-hybridized carbons (Fsp3) is 0.286. The van der Waals surface area contributed by atoms with Crippen LogP contribution in [-0.4, -0.2) is 50.8 Å². The number of nitrogens with one attached hydrogen (secondary N) is 1. The highest BCUT2D eigenvalue weighted by Gasteiger charge is 2.31. The first-order valence-electron chi connectivity index (χ1n) is 9.54. The molecule has 3 aromatic rings. The first kappa shape index (κ1) is 20.7. The molecule has 0 radical (unpaired) electrons. The standard InChI is InChI=1S/C21H19BrClN5O2/c1-12-6-7-28(21(30)17-5-3-14(23)9-25-17)11-18(12)27-20(29)16-4-2-13-8-24-10-15(22)19(13)26-16/h2-5,8-10,12,18H,6-7,11H2,1H3,(H,27,29). The number of amides is 2. The first-order chi connectivity index (χ1) is 14.4. The van der Waals surface area contributed by atoms with Crippen molar-refractivity contribution in [2.24, 2.45) is 5.92 Å². The minimum Gasteiger partial charge on any atom is -0.346 e. The molecule has 1 saturated heterocycles. The van der Waals surface area contributed by atoms with Crippen LogP contribution in [0.1, 0.15) is 34.3 Å². The van der Waals surface area contributed by atoms with Gasteiger partial charge in [0, 0.05) is 43.1 Å². The number of halogens is 2. The van der Waals surface area contributed by atoms with Gasteiger partial charge in [-0.25, -0.2) is 9.97 Å². The van der Waals surface area contributed by atoms with Crippen LogP contribution in [0.15, 0.2) is 47.3 Å². The number of piperidine rings is 1. The molecule has 2 unspecified atom stereocenters. The molecule has 1 aliphatic heterocycles. The number of hydrogen-bond donors (Lipinski definition) is 1. The topological polar surface area (TPSA) is 88.1 Å². The predicted molar refractivity (Wildman–Crippen MR) is 117 cm³/mol. The van der Waals surface area contributed by atoms with Crippen molar-refractivity contribution in [3.05, 3.63) is 63.7 Å². The van der Waals surface area contributed by atoms with Gasteiger partial charge in [0.15, 0.2) is 0 Å². The van der Waals surface area contributed by atoms with E-state index in [4.69, 9.17) is 11.6 Å². The summed E-state index contributed by atoms with van der Waals surface area (Å²) in [4.78, 5) is 40.1. The average molecular weight is 489 g/mol. The summed E-state index contributed by atoms with van der Waals surface area (Å²) in [5.41, 5.74) is 1.35. The van der Waals surface area contributed by atoms with Crippen molar-refractivity contribution in [3.63, 3.8) is 0 Å². The second-order valence-electron chi connectivity index (χ2n) is 7.35. The molecule has 30 heavy (non-hydrogen) atoms. The summed E-state index contributed by atoms with van der Waals surface area (Å²) in [6.07, 6.45) is 5.59. The molecule has 0 aromatic carbocycles. The summed E-state index contributed by atoms with van der Waals surface area (Å²) in [5.74, 6) is -0.206. The van der Waals surface area contributed by atoms with E-state index < -0.39 is 0 Å². The average Bonchev–Trinajstić information content (AvgIpc) is 2.75. The molecule has 154 valence electrons. The van der Waals surface area contributed by atoms with Gasteiger partial charge >= 0.3 is 0 Å². The molecule has 0 spiro atoms. The lowest BCUT2D eigenvalue weighted by molar-refractivity contribution is 0.0619. The molecule has 4 heterocycles. The van der Waals surface area contributed by atoms with Crippen molar-refractivity contribution in [2.75, 3.05) is 13.1 Å². The Bertz CT molecular complexity index is 1110. The minimum atomic E-state index is -0.267. The summed E-state index contributed by atoms with van der Waals surface area (Å²) in [7, 11) is 0. The molecule has 0 saturated carbocycles. The largest absolute Gasteiger partial charge is 0.346 e. The molecule has 9 heteroatoms. The summed E-state index contributed by atoms with van der Waals surface area (Å²) < 4.78 is 0.730. The molecule has 1 fully saturated rings. The van der Waals surface area contributed by atoms with E-state index in [0.717, 1.165) is 16.3 Å². The van der Waals surface area contributed by atoms with Crippen molar-refractivity contribution < 1.29 is 9.59 Å². The molecule has 1 N–H and O–H groups in total. The van der Waals surface area contributed by atoms with Crippen molar-refractivity contribution in [1.82, 2.24) is 25.2 Å². The van der Waals surface area contributed by atoms with Crippen molar-refractivity contribution in [1.29, 1.82) is 0 Å². The molecule has 4 rings (SSSR count). The lowest BCUT2D eigenvalue weighted by Gasteiger charge is -2.37. The fourth-order valence-corrected chi connectivity index (χ4v) is 4.03. The Morgan fingerprint density at radius 2 is 1.97 bits per heavy atom. The molecule has 2 atom stereocenters. The number of carbonyl (C=O) groups excluding carboxylic acids is 2. The van der Waals surface area contributed by atoms with E-state index in [9.17, 15) is 9.59 Å². The third-order valence-electron chi connectivity index (χ3n) is 5.30. The Hall–Kier alpha value is -2.58. The van der Waals surface area contributed by atoms with Gasteiger partial charge in [-0.3, -0.25) is 14.6 Å². The number of likely N-dealkylation sites (tertiary alicyclic amines) is 1. The Balaban J connectivity index is 1.49. The zero-order chi connectivity index (χ0) is 21.3. The highest BCUT2D eigenvalue weighted by molar-refractivity contribution is 9.10. The summed E-state index contributed by atoms with van der Waals surface area (Å²) in [6.45, 7) is 3.10. The minimum absolute atomic E-state index is 0.168. The molecular weight excluding hydrogens is 470 g/mol. The second kappa shape index (κ2) is 8.65. The molecule has 1 aliphatic rings. The molecule has 7 nitrogen and oxygen atoms in total. The van der Waals surface area contributed by atoms with Crippen LogP contribution >= 0.6 is 27.5 Å². The van der Waals surface area contributed by atoms with Crippen LogP contribution < -0.4 is 5.32 Å². The Morgan fingerprint density at radius 1 is 1.17 bits per heavy atom. The number of fused-ring (bicyclic) bond motifs is 1. The lowest BCUT2D eigenvalue weighted by atomic mass is 9.93. The van der Waals surface area contributed by atoms with E-state index in [-0.39, 0.29) is 23.8 Å². The zero-order valence-corrected chi connectivity index (χ0v) is 18.5. The highest BCUT2D eigenvalue weighted by Crippen LogP contribution is 2.22. The molecular formula is C21H19BrClN5O2. The molecule has 3 aromatic heterocycles. The quantitative estimate of drug-likeness (QED) is 0.607. The molecule has 0 aliphatic carbocycles. The van der Waals surface area contributed by atoms with Crippen molar-refractivity contribution >= 4 is 50.2 Å². The maximum atomic E-state index is 12.9. The Morgan fingerprint density at radius 3 is 2.73 bits per heavy atom. The van der Waals surface area contributed by atoms with Gasteiger partial charge in [0.1, 0.15) is 11.4 Å². The number of carbonyl (C=O) groups is 2. The van der Waals surface area contributed by atoms with Gasteiger partial charge in [-0.15, -0.1) is 0 Å². The van der Waals surface area contributed by atoms with Crippen LogP contribution in [0.3, 0.4) is 0 Å². The normalized spacial score (nSPS) is 19.0. The summed E-state index contributed by atoms with van der Waals surface area (Å²) >= 11 is 9.28. The zero-order valence-electron chi connectivity index (χ0n) is 16.2. The monoisotopic (exact) mass is 487 g/mol. The van der Waals surface area contributed by atoms with Crippen molar-refractivity contribution in [3.8, 4) is 0 Å². The molecule has 2 amide bonds. The van der Waals surface area contributed by atoms with Gasteiger partial charge in [-0.2, -0.15) is 0 Å².